The number of carbonyl (C=O) groups is 1. The zero-order valence-corrected chi connectivity index (χ0v) is 11.0. The Hall–Kier alpha value is -0.570. The Labute approximate surface area is 104 Å². The molecule has 0 unspecified atom stereocenters. The van der Waals surface area contributed by atoms with Gasteiger partial charge < -0.3 is 9.80 Å². The molecule has 0 aromatic rings. The van der Waals surface area contributed by atoms with Crippen molar-refractivity contribution in [3.63, 3.8) is 0 Å². The number of rotatable bonds is 2. The van der Waals surface area contributed by atoms with Gasteiger partial charge in [0.05, 0.1) is 5.54 Å². The van der Waals surface area contributed by atoms with Gasteiger partial charge in [0.25, 0.3) is 0 Å². The lowest BCUT2D eigenvalue weighted by Gasteiger charge is -2.51. The minimum absolute atomic E-state index is 0.183. The van der Waals surface area contributed by atoms with Gasteiger partial charge in [-0.05, 0) is 51.0 Å². The van der Waals surface area contributed by atoms with Gasteiger partial charge in [-0.25, -0.2) is 0 Å². The summed E-state index contributed by atoms with van der Waals surface area (Å²) in [5.41, 5.74) is 0.183. The van der Waals surface area contributed by atoms with E-state index < -0.39 is 0 Å². The molecule has 3 nitrogen and oxygen atoms in total. The van der Waals surface area contributed by atoms with Crippen LogP contribution in [0.5, 0.6) is 0 Å². The number of amides is 1. The van der Waals surface area contributed by atoms with Crippen LogP contribution in [-0.2, 0) is 4.79 Å². The van der Waals surface area contributed by atoms with Gasteiger partial charge in [-0.3, -0.25) is 4.79 Å². The van der Waals surface area contributed by atoms with Crippen LogP contribution in [0.2, 0.25) is 0 Å². The maximum absolute atomic E-state index is 11.9. The molecule has 0 aromatic carbocycles. The highest BCUT2D eigenvalue weighted by molar-refractivity contribution is 5.77. The lowest BCUT2D eigenvalue weighted by molar-refractivity contribution is -0.142. The van der Waals surface area contributed by atoms with E-state index in [0.717, 1.165) is 25.3 Å². The molecular weight excluding hydrogens is 212 g/mol. The monoisotopic (exact) mass is 236 g/mol. The smallest absolute Gasteiger partial charge is 0.222 e. The highest BCUT2D eigenvalue weighted by Gasteiger charge is 2.43. The molecule has 3 fully saturated rings. The third kappa shape index (κ3) is 2.22. The van der Waals surface area contributed by atoms with Crippen LogP contribution in [0.1, 0.15) is 44.9 Å². The Morgan fingerprint density at radius 1 is 1.29 bits per heavy atom. The van der Waals surface area contributed by atoms with E-state index in [0.29, 0.717) is 5.91 Å². The summed E-state index contributed by atoms with van der Waals surface area (Å²) in [7, 11) is 2.03. The highest BCUT2D eigenvalue weighted by atomic mass is 16.2. The zero-order valence-electron chi connectivity index (χ0n) is 11.0. The predicted molar refractivity (Wildman–Crippen MR) is 67.8 cm³/mol. The van der Waals surface area contributed by atoms with Crippen molar-refractivity contribution in [3.05, 3.63) is 0 Å². The number of likely N-dealkylation sites (N-methyl/N-ethyl adjacent to an activating group) is 1. The summed E-state index contributed by atoms with van der Waals surface area (Å²) in [5, 5.41) is 0. The summed E-state index contributed by atoms with van der Waals surface area (Å²) in [4.78, 5) is 16.6. The van der Waals surface area contributed by atoms with E-state index in [-0.39, 0.29) is 5.54 Å². The summed E-state index contributed by atoms with van der Waals surface area (Å²) in [6.45, 7) is 3.66. The molecule has 17 heavy (non-hydrogen) atoms. The number of piperidine rings is 2. The summed E-state index contributed by atoms with van der Waals surface area (Å²) >= 11 is 0. The number of likely N-dealkylation sites (tertiary alicyclic amines) is 2. The molecule has 3 heteroatoms. The Morgan fingerprint density at radius 2 is 2.06 bits per heavy atom. The van der Waals surface area contributed by atoms with Crippen molar-refractivity contribution >= 4 is 5.91 Å². The van der Waals surface area contributed by atoms with Crippen LogP contribution in [0.4, 0.5) is 0 Å². The molecule has 0 aromatic heterocycles. The average Bonchev–Trinajstić information content (AvgIpc) is 3.10. The van der Waals surface area contributed by atoms with Crippen LogP contribution in [0, 0.1) is 5.92 Å². The molecule has 3 rings (SSSR count). The van der Waals surface area contributed by atoms with Crippen LogP contribution >= 0.6 is 0 Å². The van der Waals surface area contributed by atoms with E-state index in [1.807, 2.05) is 7.05 Å². The van der Waals surface area contributed by atoms with Crippen LogP contribution < -0.4 is 0 Å². The van der Waals surface area contributed by atoms with Gasteiger partial charge in [0, 0.05) is 26.6 Å². The van der Waals surface area contributed by atoms with Gasteiger partial charge in [-0.1, -0.05) is 0 Å². The third-order valence-corrected chi connectivity index (χ3v) is 4.97. The molecule has 1 spiro atoms. The lowest BCUT2D eigenvalue weighted by atomic mass is 9.80. The van der Waals surface area contributed by atoms with E-state index in [9.17, 15) is 4.79 Å². The fourth-order valence-electron chi connectivity index (χ4n) is 3.67. The molecule has 3 aliphatic rings. The molecule has 2 saturated heterocycles. The van der Waals surface area contributed by atoms with E-state index >= 15 is 0 Å². The fourth-order valence-corrected chi connectivity index (χ4v) is 3.67. The van der Waals surface area contributed by atoms with E-state index in [1.165, 1.54) is 45.2 Å². The molecule has 0 radical (unpaired) electrons. The van der Waals surface area contributed by atoms with Gasteiger partial charge in [0.2, 0.25) is 5.91 Å². The second-order valence-corrected chi connectivity index (χ2v) is 6.31. The first-order valence-corrected chi connectivity index (χ1v) is 7.19. The summed E-state index contributed by atoms with van der Waals surface area (Å²) in [6, 6.07) is 0. The molecule has 96 valence electrons. The summed E-state index contributed by atoms with van der Waals surface area (Å²) < 4.78 is 0. The molecule has 2 heterocycles. The normalized spacial score (nSPS) is 35.6. The van der Waals surface area contributed by atoms with Crippen molar-refractivity contribution in [1.82, 2.24) is 9.80 Å². The van der Waals surface area contributed by atoms with Crippen molar-refractivity contribution in [3.8, 4) is 0 Å². The highest BCUT2D eigenvalue weighted by Crippen LogP contribution is 2.37. The number of hydrogen-bond acceptors (Lipinski definition) is 2. The predicted octanol–water partition coefficient (Wildman–Crippen LogP) is 1.87. The number of nitrogens with zero attached hydrogens (tertiary/aromatic N) is 2. The molecular formula is C14H24N2O. The van der Waals surface area contributed by atoms with Crippen LogP contribution in [-0.4, -0.2) is 47.9 Å². The SMILES string of the molecule is CN1C(=O)CCC[C@@]12CCCN(CC1CC1)C2. The molecule has 1 aliphatic carbocycles. The first-order chi connectivity index (χ1) is 8.20. The van der Waals surface area contributed by atoms with Gasteiger partial charge in [0.1, 0.15) is 0 Å². The van der Waals surface area contributed by atoms with Crippen molar-refractivity contribution in [2.45, 2.75) is 50.5 Å². The largest absolute Gasteiger partial charge is 0.339 e. The maximum atomic E-state index is 11.9. The Kier molecular flexibility index (Phi) is 2.89. The standard InChI is InChI=1S/C14H24N2O/c1-15-13(17)4-2-7-14(15)8-3-9-16(11-14)10-12-5-6-12/h12H,2-11H2,1H3/t14-/m0/s1. The van der Waals surface area contributed by atoms with E-state index in [1.54, 1.807) is 0 Å². The molecule has 0 bridgehead atoms. The second-order valence-electron chi connectivity index (χ2n) is 6.31. The fraction of sp³-hybridized carbons (Fsp3) is 0.929. The summed E-state index contributed by atoms with van der Waals surface area (Å²) in [5.74, 6) is 1.33. The third-order valence-electron chi connectivity index (χ3n) is 4.97. The Bertz CT molecular complexity index is 309. The second kappa shape index (κ2) is 4.27. The number of carbonyl (C=O) groups excluding carboxylic acids is 1. The van der Waals surface area contributed by atoms with Crippen molar-refractivity contribution < 1.29 is 4.79 Å². The van der Waals surface area contributed by atoms with Gasteiger partial charge in [-0.15, -0.1) is 0 Å². The van der Waals surface area contributed by atoms with E-state index in [4.69, 9.17) is 0 Å². The topological polar surface area (TPSA) is 23.6 Å². The zero-order chi connectivity index (χ0) is 11.9. The molecule has 1 atom stereocenters. The Morgan fingerprint density at radius 3 is 2.82 bits per heavy atom. The number of hydrogen-bond donors (Lipinski definition) is 0. The van der Waals surface area contributed by atoms with Crippen molar-refractivity contribution in [2.75, 3.05) is 26.7 Å². The van der Waals surface area contributed by atoms with Crippen molar-refractivity contribution in [1.29, 1.82) is 0 Å². The lowest BCUT2D eigenvalue weighted by Crippen LogP contribution is -2.61. The van der Waals surface area contributed by atoms with Crippen LogP contribution in [0.25, 0.3) is 0 Å². The minimum atomic E-state index is 0.183. The first-order valence-electron chi connectivity index (χ1n) is 7.19. The van der Waals surface area contributed by atoms with Crippen LogP contribution in [0.15, 0.2) is 0 Å². The summed E-state index contributed by atoms with van der Waals surface area (Å²) in [6.07, 6.45) is 8.43. The maximum Gasteiger partial charge on any atom is 0.222 e. The first kappa shape index (κ1) is 11.5. The molecule has 2 aliphatic heterocycles. The van der Waals surface area contributed by atoms with Crippen LogP contribution in [0.3, 0.4) is 0 Å². The van der Waals surface area contributed by atoms with Gasteiger partial charge in [0.15, 0.2) is 0 Å². The quantitative estimate of drug-likeness (QED) is 0.731. The van der Waals surface area contributed by atoms with Crippen molar-refractivity contribution in [2.24, 2.45) is 5.92 Å². The van der Waals surface area contributed by atoms with Gasteiger partial charge in [-0.2, -0.15) is 0 Å². The molecule has 0 N–H and O–H groups in total. The van der Waals surface area contributed by atoms with Gasteiger partial charge >= 0.3 is 0 Å². The average molecular weight is 236 g/mol. The Balaban J connectivity index is 1.69. The molecule has 1 amide bonds. The molecule has 1 saturated carbocycles. The van der Waals surface area contributed by atoms with E-state index in [2.05, 4.69) is 9.80 Å². The minimum Gasteiger partial charge on any atom is -0.339 e.